The molecule has 0 unspecified atom stereocenters. The van der Waals surface area contributed by atoms with Gasteiger partial charge in [0.2, 0.25) is 20.0 Å². The highest BCUT2D eigenvalue weighted by atomic mass is 32.2. The predicted molar refractivity (Wildman–Crippen MR) is 97.2 cm³/mol. The largest absolute Gasteiger partial charge is 0.240 e. The molecule has 2 aromatic carbocycles. The average molecular weight is 411 g/mol. The lowest BCUT2D eigenvalue weighted by atomic mass is 10.2. The van der Waals surface area contributed by atoms with E-state index in [1.54, 1.807) is 0 Å². The van der Waals surface area contributed by atoms with Crippen LogP contribution in [0, 0.1) is 0 Å². The van der Waals surface area contributed by atoms with Crippen LogP contribution in [0.4, 0.5) is 0 Å². The molecule has 0 bridgehead atoms. The molecule has 0 atom stereocenters. The molecule has 3 rings (SSSR count). The van der Waals surface area contributed by atoms with E-state index in [4.69, 9.17) is 5.14 Å². The lowest BCUT2D eigenvalue weighted by Gasteiger charge is -2.06. The van der Waals surface area contributed by atoms with Crippen LogP contribution in [0.1, 0.15) is 5.01 Å². The summed E-state index contributed by atoms with van der Waals surface area (Å²) < 4.78 is 49.9. The van der Waals surface area contributed by atoms with Gasteiger partial charge < -0.3 is 0 Å². The van der Waals surface area contributed by atoms with Gasteiger partial charge in [-0.1, -0.05) is 47.7 Å². The van der Waals surface area contributed by atoms with Crippen molar-refractivity contribution >= 4 is 31.4 Å². The zero-order chi connectivity index (χ0) is 18.8. The topological polar surface area (TPSA) is 132 Å². The molecule has 136 valence electrons. The molecule has 0 aliphatic rings. The Hall–Kier alpha value is -2.18. The summed E-state index contributed by atoms with van der Waals surface area (Å²) in [4.78, 5) is -0.473. The third-order valence-corrected chi connectivity index (χ3v) is 6.63. The Bertz CT molecular complexity index is 1130. The number of hydrogen-bond acceptors (Lipinski definition) is 7. The summed E-state index contributed by atoms with van der Waals surface area (Å²) in [6.45, 7) is -0.0631. The predicted octanol–water partition coefficient (Wildman–Crippen LogP) is 1.33. The molecule has 0 saturated carbocycles. The minimum Gasteiger partial charge on any atom is -0.225 e. The molecule has 3 aromatic rings. The van der Waals surface area contributed by atoms with Crippen LogP contribution in [-0.2, 0) is 26.6 Å². The van der Waals surface area contributed by atoms with E-state index in [1.807, 2.05) is 30.3 Å². The normalized spacial score (nSPS) is 12.2. The molecule has 0 amide bonds. The number of nitrogens with zero attached hydrogens (tertiary/aromatic N) is 2. The van der Waals surface area contributed by atoms with E-state index in [-0.39, 0.29) is 16.3 Å². The van der Waals surface area contributed by atoms with Crippen LogP contribution < -0.4 is 9.86 Å². The van der Waals surface area contributed by atoms with Crippen molar-refractivity contribution < 1.29 is 16.8 Å². The highest BCUT2D eigenvalue weighted by molar-refractivity contribution is 7.90. The maximum absolute atomic E-state index is 12.4. The van der Waals surface area contributed by atoms with E-state index < -0.39 is 20.0 Å². The van der Waals surface area contributed by atoms with Gasteiger partial charge in [-0.15, -0.1) is 10.2 Å². The van der Waals surface area contributed by atoms with Crippen molar-refractivity contribution in [3.8, 4) is 10.6 Å². The highest BCUT2D eigenvalue weighted by Crippen LogP contribution is 2.23. The Labute approximate surface area is 154 Å². The molecule has 0 aliphatic heterocycles. The van der Waals surface area contributed by atoms with Gasteiger partial charge in [0, 0.05) is 5.56 Å². The van der Waals surface area contributed by atoms with E-state index in [0.717, 1.165) is 11.6 Å². The van der Waals surface area contributed by atoms with Crippen LogP contribution >= 0.6 is 11.3 Å². The molecule has 0 aliphatic carbocycles. The zero-order valence-electron chi connectivity index (χ0n) is 13.2. The van der Waals surface area contributed by atoms with Gasteiger partial charge in [0.05, 0.1) is 16.3 Å². The molecule has 8 nitrogen and oxygen atoms in total. The fourth-order valence-electron chi connectivity index (χ4n) is 2.08. The molecule has 3 N–H and O–H groups in total. The van der Waals surface area contributed by atoms with Gasteiger partial charge in [-0.2, -0.15) is 0 Å². The SMILES string of the molecule is NS(=O)(=O)c1cccc(S(=O)(=O)NCc2nnc(-c3ccccc3)s2)c1. The maximum atomic E-state index is 12.4. The zero-order valence-corrected chi connectivity index (χ0v) is 15.7. The maximum Gasteiger partial charge on any atom is 0.240 e. The van der Waals surface area contributed by atoms with E-state index >= 15 is 0 Å². The number of sulfonamides is 2. The molecular weight excluding hydrogens is 396 g/mol. The van der Waals surface area contributed by atoms with Crippen molar-refractivity contribution in [3.63, 3.8) is 0 Å². The molecule has 0 spiro atoms. The summed E-state index contributed by atoms with van der Waals surface area (Å²) in [5.74, 6) is 0. The quantitative estimate of drug-likeness (QED) is 0.630. The van der Waals surface area contributed by atoms with Gasteiger partial charge in [-0.3, -0.25) is 0 Å². The van der Waals surface area contributed by atoms with Gasteiger partial charge in [-0.05, 0) is 18.2 Å². The Morgan fingerprint density at radius 3 is 2.31 bits per heavy atom. The first kappa shape index (κ1) is 18.6. The number of nitrogens with one attached hydrogen (secondary N) is 1. The molecule has 26 heavy (non-hydrogen) atoms. The van der Waals surface area contributed by atoms with Crippen molar-refractivity contribution in [2.75, 3.05) is 0 Å². The molecule has 0 radical (unpaired) electrons. The van der Waals surface area contributed by atoms with E-state index in [0.29, 0.717) is 10.0 Å². The van der Waals surface area contributed by atoms with Crippen LogP contribution in [0.5, 0.6) is 0 Å². The van der Waals surface area contributed by atoms with Crippen molar-refractivity contribution in [1.29, 1.82) is 0 Å². The number of benzene rings is 2. The van der Waals surface area contributed by atoms with Gasteiger partial charge in [0.25, 0.3) is 0 Å². The van der Waals surface area contributed by atoms with Crippen LogP contribution in [0.25, 0.3) is 10.6 Å². The summed E-state index contributed by atoms with van der Waals surface area (Å²) in [7, 11) is -7.92. The number of primary sulfonamides is 1. The third-order valence-electron chi connectivity index (χ3n) is 3.35. The fraction of sp³-hybridized carbons (Fsp3) is 0.0667. The van der Waals surface area contributed by atoms with Crippen molar-refractivity contribution in [3.05, 3.63) is 59.6 Å². The second kappa shape index (κ2) is 7.21. The van der Waals surface area contributed by atoms with Gasteiger partial charge >= 0.3 is 0 Å². The molecule has 1 heterocycles. The number of aromatic nitrogens is 2. The summed E-state index contributed by atoms with van der Waals surface area (Å²) in [6.07, 6.45) is 0. The lowest BCUT2D eigenvalue weighted by molar-refractivity contribution is 0.580. The van der Waals surface area contributed by atoms with Crippen LogP contribution in [0.15, 0.2) is 64.4 Å². The molecular formula is C15H14N4O4S3. The lowest BCUT2D eigenvalue weighted by Crippen LogP contribution is -2.23. The molecule has 1 aromatic heterocycles. The number of hydrogen-bond donors (Lipinski definition) is 2. The van der Waals surface area contributed by atoms with Gasteiger partial charge in [-0.25, -0.2) is 26.7 Å². The smallest absolute Gasteiger partial charge is 0.225 e. The third kappa shape index (κ3) is 4.31. The minimum atomic E-state index is -3.99. The first-order valence-electron chi connectivity index (χ1n) is 7.26. The summed E-state index contributed by atoms with van der Waals surface area (Å²) in [6, 6.07) is 14.2. The standard InChI is InChI=1S/C15H14N4O4S3/c16-25(20,21)12-7-4-8-13(9-12)26(22,23)17-10-14-18-19-15(24-14)11-5-2-1-3-6-11/h1-9,17H,10H2,(H2,16,20,21). The van der Waals surface area contributed by atoms with Crippen LogP contribution in [0.2, 0.25) is 0 Å². The van der Waals surface area contributed by atoms with Gasteiger partial charge in [0.15, 0.2) is 0 Å². The summed E-state index contributed by atoms with van der Waals surface area (Å²) in [5.41, 5.74) is 0.889. The van der Waals surface area contributed by atoms with E-state index in [1.165, 1.54) is 29.5 Å². The number of nitrogens with two attached hydrogens (primary N) is 1. The van der Waals surface area contributed by atoms with Crippen LogP contribution in [-0.4, -0.2) is 27.0 Å². The number of rotatable bonds is 6. The Kier molecular flexibility index (Phi) is 5.16. The second-order valence-electron chi connectivity index (χ2n) is 5.21. The first-order chi connectivity index (χ1) is 12.3. The Morgan fingerprint density at radius 2 is 1.62 bits per heavy atom. The minimum absolute atomic E-state index is 0.0631. The Balaban J connectivity index is 1.76. The highest BCUT2D eigenvalue weighted by Gasteiger charge is 2.18. The molecule has 0 fully saturated rings. The van der Waals surface area contributed by atoms with E-state index in [9.17, 15) is 16.8 Å². The second-order valence-corrected chi connectivity index (χ2v) is 9.60. The Morgan fingerprint density at radius 1 is 0.923 bits per heavy atom. The van der Waals surface area contributed by atoms with Gasteiger partial charge in [0.1, 0.15) is 10.0 Å². The molecule has 0 saturated heterocycles. The molecule has 11 heteroatoms. The summed E-state index contributed by atoms with van der Waals surface area (Å²) in [5, 5.41) is 14.2. The fourth-order valence-corrected chi connectivity index (χ4v) is 4.62. The first-order valence-corrected chi connectivity index (χ1v) is 11.1. The van der Waals surface area contributed by atoms with Crippen molar-refractivity contribution in [2.45, 2.75) is 16.3 Å². The average Bonchev–Trinajstić information content (AvgIpc) is 3.09. The van der Waals surface area contributed by atoms with Crippen molar-refractivity contribution in [2.24, 2.45) is 5.14 Å². The summed E-state index contributed by atoms with van der Waals surface area (Å²) >= 11 is 1.26. The van der Waals surface area contributed by atoms with Crippen LogP contribution in [0.3, 0.4) is 0 Å². The van der Waals surface area contributed by atoms with Crippen molar-refractivity contribution in [1.82, 2.24) is 14.9 Å². The monoisotopic (exact) mass is 410 g/mol. The van der Waals surface area contributed by atoms with E-state index in [2.05, 4.69) is 14.9 Å².